The zero-order valence-corrected chi connectivity index (χ0v) is 18.9. The van der Waals surface area contributed by atoms with E-state index in [0.717, 1.165) is 30.2 Å². The van der Waals surface area contributed by atoms with Crippen LogP contribution in [0.15, 0.2) is 56.6 Å². The molecule has 0 spiro atoms. The van der Waals surface area contributed by atoms with Crippen LogP contribution in [0.1, 0.15) is 23.1 Å². The molecule has 1 aliphatic heterocycles. The maximum absolute atomic E-state index is 13.0. The van der Waals surface area contributed by atoms with Gasteiger partial charge in [-0.2, -0.15) is 4.31 Å². The van der Waals surface area contributed by atoms with E-state index in [2.05, 4.69) is 11.0 Å². The van der Waals surface area contributed by atoms with E-state index in [1.165, 1.54) is 15.4 Å². The molecule has 1 saturated heterocycles. The standard InChI is InChI=1S/C24H26N2O5S/c1-30-20-5-7-21(8-6-20)32(28,29)26-11-9-25(10-12-26)16-19-15-24(27)31-23-14-18-4-2-3-17(18)13-22(19)23/h5-8,13-15H,2-4,9-12,16H2,1H3. The zero-order chi connectivity index (χ0) is 22.3. The van der Waals surface area contributed by atoms with Gasteiger partial charge in [-0.05, 0) is 72.4 Å². The second kappa shape index (κ2) is 8.35. The maximum atomic E-state index is 13.0. The van der Waals surface area contributed by atoms with Crippen LogP contribution in [-0.4, -0.2) is 50.9 Å². The van der Waals surface area contributed by atoms with Gasteiger partial charge in [0, 0.05) is 44.2 Å². The highest BCUT2D eigenvalue weighted by Crippen LogP contribution is 2.29. The summed E-state index contributed by atoms with van der Waals surface area (Å²) >= 11 is 0. The molecule has 2 aromatic carbocycles. The zero-order valence-electron chi connectivity index (χ0n) is 18.0. The Balaban J connectivity index is 1.32. The van der Waals surface area contributed by atoms with Crippen LogP contribution in [-0.2, 0) is 29.4 Å². The van der Waals surface area contributed by atoms with Crippen molar-refractivity contribution in [1.29, 1.82) is 0 Å². The van der Waals surface area contributed by atoms with E-state index in [9.17, 15) is 13.2 Å². The number of sulfonamides is 1. The molecule has 3 aromatic rings. The molecule has 0 atom stereocenters. The first kappa shape index (κ1) is 21.2. The smallest absolute Gasteiger partial charge is 0.336 e. The summed E-state index contributed by atoms with van der Waals surface area (Å²) in [6.07, 6.45) is 3.23. The van der Waals surface area contributed by atoms with Crippen LogP contribution in [0.4, 0.5) is 0 Å². The second-order valence-electron chi connectivity index (χ2n) is 8.42. The number of methoxy groups -OCH3 is 1. The summed E-state index contributed by atoms with van der Waals surface area (Å²) in [6.45, 7) is 2.60. The summed E-state index contributed by atoms with van der Waals surface area (Å²) in [4.78, 5) is 14.6. The average Bonchev–Trinajstić information content (AvgIpc) is 3.25. The van der Waals surface area contributed by atoms with Crippen LogP contribution in [0.25, 0.3) is 11.0 Å². The Labute approximate surface area is 187 Å². The number of hydrogen-bond acceptors (Lipinski definition) is 6. The summed E-state index contributed by atoms with van der Waals surface area (Å²) < 4.78 is 38.1. The van der Waals surface area contributed by atoms with Crippen molar-refractivity contribution in [1.82, 2.24) is 9.21 Å². The SMILES string of the molecule is COc1ccc(S(=O)(=O)N2CCN(Cc3cc(=O)oc4cc5c(cc34)CCC5)CC2)cc1. The van der Waals surface area contributed by atoms with Gasteiger partial charge in [0.1, 0.15) is 11.3 Å². The lowest BCUT2D eigenvalue weighted by molar-refractivity contribution is 0.182. The van der Waals surface area contributed by atoms with Gasteiger partial charge >= 0.3 is 5.63 Å². The highest BCUT2D eigenvalue weighted by Gasteiger charge is 2.29. The summed E-state index contributed by atoms with van der Waals surface area (Å²) in [5.74, 6) is 0.624. The molecule has 1 fully saturated rings. The van der Waals surface area contributed by atoms with Crippen molar-refractivity contribution in [2.45, 2.75) is 30.7 Å². The first-order chi connectivity index (χ1) is 15.4. The van der Waals surface area contributed by atoms with Gasteiger partial charge in [0.15, 0.2) is 0 Å². The molecule has 0 amide bonds. The number of nitrogens with zero attached hydrogens (tertiary/aromatic N) is 2. The van der Waals surface area contributed by atoms with Gasteiger partial charge in [0.2, 0.25) is 10.0 Å². The van der Waals surface area contributed by atoms with Gasteiger partial charge in [-0.15, -0.1) is 0 Å². The third-order valence-corrected chi connectivity index (χ3v) is 8.38. The minimum Gasteiger partial charge on any atom is -0.497 e. The highest BCUT2D eigenvalue weighted by molar-refractivity contribution is 7.89. The molecule has 8 heteroatoms. The fraction of sp³-hybridized carbons (Fsp3) is 0.375. The molecular formula is C24H26N2O5S. The summed E-state index contributed by atoms with van der Waals surface area (Å²) in [7, 11) is -1.99. The topological polar surface area (TPSA) is 80.1 Å². The van der Waals surface area contributed by atoms with Gasteiger partial charge in [-0.25, -0.2) is 13.2 Å². The van der Waals surface area contributed by atoms with Gasteiger partial charge in [-0.1, -0.05) is 0 Å². The van der Waals surface area contributed by atoms with E-state index in [-0.39, 0.29) is 10.5 Å². The van der Waals surface area contributed by atoms with E-state index < -0.39 is 10.0 Å². The predicted molar refractivity (Wildman–Crippen MR) is 122 cm³/mol. The quantitative estimate of drug-likeness (QED) is 0.552. The molecule has 0 radical (unpaired) electrons. The summed E-state index contributed by atoms with van der Waals surface area (Å²) in [6, 6.07) is 12.2. The predicted octanol–water partition coefficient (Wildman–Crippen LogP) is 2.80. The van der Waals surface area contributed by atoms with Crippen LogP contribution >= 0.6 is 0 Å². The van der Waals surface area contributed by atoms with E-state index in [1.807, 2.05) is 6.07 Å². The molecule has 2 heterocycles. The normalized spacial score (nSPS) is 17.5. The molecule has 1 aromatic heterocycles. The average molecular weight is 455 g/mol. The number of piperazine rings is 1. The van der Waals surface area contributed by atoms with E-state index >= 15 is 0 Å². The third kappa shape index (κ3) is 3.94. The Morgan fingerprint density at radius 2 is 1.66 bits per heavy atom. The molecule has 2 aliphatic rings. The van der Waals surface area contributed by atoms with Crippen LogP contribution in [0, 0.1) is 0 Å². The van der Waals surface area contributed by atoms with Crippen molar-refractivity contribution < 1.29 is 17.6 Å². The van der Waals surface area contributed by atoms with Crippen molar-refractivity contribution >= 4 is 21.0 Å². The van der Waals surface area contributed by atoms with Gasteiger partial charge < -0.3 is 9.15 Å². The monoisotopic (exact) mass is 454 g/mol. The van der Waals surface area contributed by atoms with Crippen LogP contribution in [0.2, 0.25) is 0 Å². The lowest BCUT2D eigenvalue weighted by Gasteiger charge is -2.34. The van der Waals surface area contributed by atoms with Crippen LogP contribution in [0.5, 0.6) is 5.75 Å². The fourth-order valence-electron chi connectivity index (χ4n) is 4.69. The Kier molecular flexibility index (Phi) is 5.53. The van der Waals surface area contributed by atoms with Gasteiger partial charge in [0.05, 0.1) is 12.0 Å². The molecular weight excluding hydrogens is 428 g/mol. The molecule has 0 N–H and O–H groups in total. The molecule has 1 aliphatic carbocycles. The Morgan fingerprint density at radius 3 is 2.34 bits per heavy atom. The Hall–Kier alpha value is -2.68. The lowest BCUT2D eigenvalue weighted by atomic mass is 10.0. The first-order valence-electron chi connectivity index (χ1n) is 10.9. The van der Waals surface area contributed by atoms with Crippen molar-refractivity contribution in [2.75, 3.05) is 33.3 Å². The molecule has 0 bridgehead atoms. The third-order valence-electron chi connectivity index (χ3n) is 6.47. The maximum Gasteiger partial charge on any atom is 0.336 e. The molecule has 5 rings (SSSR count). The van der Waals surface area contributed by atoms with Crippen molar-refractivity contribution in [3.63, 3.8) is 0 Å². The van der Waals surface area contributed by atoms with E-state index in [0.29, 0.717) is 44.1 Å². The highest BCUT2D eigenvalue weighted by atomic mass is 32.2. The molecule has 0 saturated carbocycles. The molecule has 32 heavy (non-hydrogen) atoms. The van der Waals surface area contributed by atoms with Crippen molar-refractivity contribution in [3.05, 3.63) is 69.6 Å². The van der Waals surface area contributed by atoms with Crippen molar-refractivity contribution in [3.8, 4) is 5.75 Å². The Bertz CT molecular complexity index is 1310. The molecule has 168 valence electrons. The number of ether oxygens (including phenoxy) is 1. The van der Waals surface area contributed by atoms with E-state index in [4.69, 9.17) is 9.15 Å². The van der Waals surface area contributed by atoms with Crippen molar-refractivity contribution in [2.24, 2.45) is 0 Å². The minimum absolute atomic E-state index is 0.271. The largest absolute Gasteiger partial charge is 0.497 e. The second-order valence-corrected chi connectivity index (χ2v) is 10.4. The number of fused-ring (bicyclic) bond motifs is 2. The molecule has 0 unspecified atom stereocenters. The Morgan fingerprint density at radius 1 is 0.969 bits per heavy atom. The number of rotatable bonds is 5. The van der Waals surface area contributed by atoms with E-state index in [1.54, 1.807) is 37.4 Å². The van der Waals surface area contributed by atoms with Crippen LogP contribution in [0.3, 0.4) is 0 Å². The summed E-state index contributed by atoms with van der Waals surface area (Å²) in [5.41, 5.74) is 3.86. The lowest BCUT2D eigenvalue weighted by Crippen LogP contribution is -2.48. The number of hydrogen-bond donors (Lipinski definition) is 0. The fourth-order valence-corrected chi connectivity index (χ4v) is 6.11. The minimum atomic E-state index is -3.55. The number of aryl methyl sites for hydroxylation is 2. The van der Waals surface area contributed by atoms with Gasteiger partial charge in [0.25, 0.3) is 0 Å². The van der Waals surface area contributed by atoms with Crippen LogP contribution < -0.4 is 10.4 Å². The first-order valence-corrected chi connectivity index (χ1v) is 12.3. The summed E-state index contributed by atoms with van der Waals surface area (Å²) in [5, 5.41) is 0.985. The molecule has 7 nitrogen and oxygen atoms in total. The number of benzene rings is 2. The van der Waals surface area contributed by atoms with Gasteiger partial charge in [-0.3, -0.25) is 4.90 Å².